The molecule has 1 N–H and O–H groups in total. The lowest BCUT2D eigenvalue weighted by atomic mass is 10.1. The highest BCUT2D eigenvalue weighted by molar-refractivity contribution is 5.92. The predicted octanol–water partition coefficient (Wildman–Crippen LogP) is 2.62. The van der Waals surface area contributed by atoms with Gasteiger partial charge in [-0.1, -0.05) is 0 Å². The number of methoxy groups -OCH3 is 1. The first-order valence-electron chi connectivity index (χ1n) is 4.51. The van der Waals surface area contributed by atoms with Crippen LogP contribution in [0.3, 0.4) is 0 Å². The number of aromatic nitrogens is 1. The quantitative estimate of drug-likeness (QED) is 0.862. The number of aromatic carboxylic acids is 1. The number of ether oxygens (including phenoxy) is 2. The molecular weight excluding hydrogens is 281 g/mol. The smallest absolute Gasteiger partial charge is 0.480 e. The van der Waals surface area contributed by atoms with Crippen LogP contribution in [-0.2, 0) is 0 Å². The van der Waals surface area contributed by atoms with Crippen LogP contribution < -0.4 is 9.47 Å². The van der Waals surface area contributed by atoms with Crippen molar-refractivity contribution in [1.82, 2.24) is 4.98 Å². The van der Waals surface area contributed by atoms with E-state index < -0.39 is 41.6 Å². The largest absolute Gasteiger partial charge is 0.574 e. The number of nitrogens with zero attached hydrogens (tertiary/aromatic N) is 1. The molecule has 19 heavy (non-hydrogen) atoms. The van der Waals surface area contributed by atoms with Gasteiger partial charge in [-0.3, -0.25) is 0 Å². The van der Waals surface area contributed by atoms with Crippen molar-refractivity contribution < 1.29 is 41.3 Å². The summed E-state index contributed by atoms with van der Waals surface area (Å²) in [5.41, 5.74) is -2.20. The molecule has 1 aromatic rings. The van der Waals surface area contributed by atoms with E-state index in [4.69, 9.17) is 5.11 Å². The standard InChI is InChI=1S/C9H6F5NO4/c1-18-7-5(8(16)17)3(6(10)11)2-4(15-7)19-9(12,13)14/h2,6H,1H3,(H,16,17). The van der Waals surface area contributed by atoms with E-state index in [0.29, 0.717) is 0 Å². The molecule has 0 aliphatic rings. The summed E-state index contributed by atoms with van der Waals surface area (Å²) in [6.07, 6.45) is -8.49. The van der Waals surface area contributed by atoms with Crippen LogP contribution in [0.25, 0.3) is 0 Å². The van der Waals surface area contributed by atoms with Crippen molar-refractivity contribution in [1.29, 1.82) is 0 Å². The Labute approximate surface area is 102 Å². The van der Waals surface area contributed by atoms with Crippen LogP contribution in [-0.4, -0.2) is 29.5 Å². The maximum atomic E-state index is 12.6. The van der Waals surface area contributed by atoms with Crippen molar-refractivity contribution >= 4 is 5.97 Å². The Kier molecular flexibility index (Phi) is 4.12. The average Bonchev–Trinajstić information content (AvgIpc) is 2.24. The van der Waals surface area contributed by atoms with E-state index in [1.165, 1.54) is 0 Å². The lowest BCUT2D eigenvalue weighted by molar-refractivity contribution is -0.276. The molecule has 0 spiro atoms. The molecule has 10 heteroatoms. The fourth-order valence-electron chi connectivity index (χ4n) is 1.22. The number of hydrogen-bond donors (Lipinski definition) is 1. The molecule has 0 aliphatic heterocycles. The van der Waals surface area contributed by atoms with Crippen LogP contribution in [0.4, 0.5) is 22.0 Å². The van der Waals surface area contributed by atoms with Crippen molar-refractivity contribution in [3.05, 3.63) is 17.2 Å². The Morgan fingerprint density at radius 1 is 1.42 bits per heavy atom. The van der Waals surface area contributed by atoms with Gasteiger partial charge >= 0.3 is 12.3 Å². The Bertz CT molecular complexity index is 488. The maximum absolute atomic E-state index is 12.6. The van der Waals surface area contributed by atoms with Crippen LogP contribution in [0.2, 0.25) is 0 Å². The van der Waals surface area contributed by atoms with Crippen LogP contribution in [0.15, 0.2) is 6.07 Å². The Hall–Kier alpha value is -2.13. The van der Waals surface area contributed by atoms with E-state index in [9.17, 15) is 26.7 Å². The van der Waals surface area contributed by atoms with E-state index in [1.54, 1.807) is 0 Å². The van der Waals surface area contributed by atoms with Crippen LogP contribution in [0.1, 0.15) is 22.3 Å². The minimum atomic E-state index is -5.15. The SMILES string of the molecule is COc1nc(OC(F)(F)F)cc(C(F)F)c1C(=O)O. The van der Waals surface area contributed by atoms with Crippen LogP contribution in [0, 0.1) is 0 Å². The first-order chi connectivity index (χ1) is 8.65. The Balaban J connectivity index is 3.40. The molecule has 1 rings (SSSR count). The minimum absolute atomic E-state index is 0.199. The normalized spacial score (nSPS) is 11.5. The second kappa shape index (κ2) is 5.24. The van der Waals surface area contributed by atoms with Gasteiger partial charge in [0.15, 0.2) is 0 Å². The Morgan fingerprint density at radius 3 is 2.37 bits per heavy atom. The predicted molar refractivity (Wildman–Crippen MR) is 49.4 cm³/mol. The highest BCUT2D eigenvalue weighted by Crippen LogP contribution is 2.33. The molecule has 0 radical (unpaired) electrons. The van der Waals surface area contributed by atoms with Gasteiger partial charge in [0.25, 0.3) is 6.43 Å². The van der Waals surface area contributed by atoms with Gasteiger partial charge in [-0.05, 0) is 0 Å². The molecule has 0 saturated carbocycles. The number of carboxylic acid groups (broad SMARTS) is 1. The monoisotopic (exact) mass is 287 g/mol. The topological polar surface area (TPSA) is 68.7 Å². The fourth-order valence-corrected chi connectivity index (χ4v) is 1.22. The summed E-state index contributed by atoms with van der Waals surface area (Å²) in [5, 5.41) is 8.73. The van der Waals surface area contributed by atoms with Gasteiger partial charge in [0.05, 0.1) is 7.11 Å². The van der Waals surface area contributed by atoms with E-state index in [0.717, 1.165) is 7.11 Å². The van der Waals surface area contributed by atoms with Crippen LogP contribution >= 0.6 is 0 Å². The van der Waals surface area contributed by atoms with Crippen molar-refractivity contribution in [2.24, 2.45) is 0 Å². The van der Waals surface area contributed by atoms with Crippen molar-refractivity contribution in [2.75, 3.05) is 7.11 Å². The highest BCUT2D eigenvalue weighted by atomic mass is 19.4. The summed E-state index contributed by atoms with van der Waals surface area (Å²) in [5.74, 6) is -3.94. The van der Waals surface area contributed by atoms with E-state index in [2.05, 4.69) is 14.5 Å². The number of carboxylic acids is 1. The van der Waals surface area contributed by atoms with Gasteiger partial charge in [0.1, 0.15) is 5.56 Å². The van der Waals surface area contributed by atoms with E-state index in [-0.39, 0.29) is 6.07 Å². The lowest BCUT2D eigenvalue weighted by Crippen LogP contribution is -2.19. The summed E-state index contributed by atoms with van der Waals surface area (Å²) in [4.78, 5) is 13.8. The van der Waals surface area contributed by atoms with Gasteiger partial charge < -0.3 is 14.6 Å². The molecule has 0 saturated heterocycles. The maximum Gasteiger partial charge on any atom is 0.574 e. The highest BCUT2D eigenvalue weighted by Gasteiger charge is 2.34. The Morgan fingerprint density at radius 2 is 2.00 bits per heavy atom. The van der Waals surface area contributed by atoms with Crippen LogP contribution in [0.5, 0.6) is 11.8 Å². The molecule has 0 aromatic carbocycles. The molecule has 0 aliphatic carbocycles. The molecule has 0 amide bonds. The summed E-state index contributed by atoms with van der Waals surface area (Å²) in [7, 11) is 0.876. The van der Waals surface area contributed by atoms with Gasteiger partial charge in [0.2, 0.25) is 11.8 Å². The molecule has 1 heterocycles. The second-order valence-corrected chi connectivity index (χ2v) is 3.09. The zero-order valence-corrected chi connectivity index (χ0v) is 9.16. The second-order valence-electron chi connectivity index (χ2n) is 3.09. The molecule has 106 valence electrons. The number of pyridine rings is 1. The molecular formula is C9H6F5NO4. The zero-order chi connectivity index (χ0) is 14.8. The van der Waals surface area contributed by atoms with Gasteiger partial charge in [-0.25, -0.2) is 13.6 Å². The van der Waals surface area contributed by atoms with Gasteiger partial charge in [-0.2, -0.15) is 4.98 Å². The fraction of sp³-hybridized carbons (Fsp3) is 0.333. The first-order valence-corrected chi connectivity index (χ1v) is 4.51. The third-order valence-corrected chi connectivity index (χ3v) is 1.86. The van der Waals surface area contributed by atoms with Gasteiger partial charge in [0, 0.05) is 11.6 Å². The minimum Gasteiger partial charge on any atom is -0.480 e. The number of rotatable bonds is 4. The van der Waals surface area contributed by atoms with Crippen molar-refractivity contribution in [3.8, 4) is 11.8 Å². The zero-order valence-electron chi connectivity index (χ0n) is 9.16. The number of halogens is 5. The summed E-state index contributed by atoms with van der Waals surface area (Å²) in [6.45, 7) is 0. The van der Waals surface area contributed by atoms with Crippen molar-refractivity contribution in [2.45, 2.75) is 12.8 Å². The number of hydrogen-bond acceptors (Lipinski definition) is 4. The summed E-state index contributed by atoms with van der Waals surface area (Å²) < 4.78 is 68.9. The lowest BCUT2D eigenvalue weighted by Gasteiger charge is -2.13. The van der Waals surface area contributed by atoms with Gasteiger partial charge in [-0.15, -0.1) is 13.2 Å². The average molecular weight is 287 g/mol. The molecule has 5 nitrogen and oxygen atoms in total. The molecule has 0 atom stereocenters. The van der Waals surface area contributed by atoms with Crippen molar-refractivity contribution in [3.63, 3.8) is 0 Å². The third-order valence-electron chi connectivity index (χ3n) is 1.86. The summed E-state index contributed by atoms with van der Waals surface area (Å²) in [6, 6.07) is 0.199. The third kappa shape index (κ3) is 3.66. The number of carbonyl (C=O) groups is 1. The van der Waals surface area contributed by atoms with E-state index >= 15 is 0 Å². The van der Waals surface area contributed by atoms with E-state index in [1.807, 2.05) is 0 Å². The number of alkyl halides is 5. The first kappa shape index (κ1) is 14.9. The molecule has 0 unspecified atom stereocenters. The molecule has 0 fully saturated rings. The molecule has 1 aromatic heterocycles. The summed E-state index contributed by atoms with van der Waals surface area (Å²) >= 11 is 0. The molecule has 0 bridgehead atoms.